The first-order valence-corrected chi connectivity index (χ1v) is 6.48. The van der Waals surface area contributed by atoms with Crippen LogP contribution in [0.5, 0.6) is 0 Å². The van der Waals surface area contributed by atoms with Crippen molar-refractivity contribution in [3.63, 3.8) is 0 Å². The van der Waals surface area contributed by atoms with Crippen LogP contribution in [-0.2, 0) is 4.79 Å². The Balaban J connectivity index is 2.54. The van der Waals surface area contributed by atoms with Crippen LogP contribution in [0.25, 0.3) is 0 Å². The molecule has 6 nitrogen and oxygen atoms in total. The Morgan fingerprint density at radius 1 is 1.61 bits per heavy atom. The maximum Gasteiger partial charge on any atom is 0.303 e. The zero-order valence-electron chi connectivity index (χ0n) is 10.4. The van der Waals surface area contributed by atoms with Crippen LogP contribution < -0.4 is 5.73 Å². The second-order valence-electron chi connectivity index (χ2n) is 4.08. The van der Waals surface area contributed by atoms with E-state index >= 15 is 0 Å². The SMILES string of the molecule is CC(N)c1nc(C(=O)N(C)CCCC(=O)O)cs1. The third-order valence-corrected chi connectivity index (χ3v) is 3.41. The average molecular weight is 271 g/mol. The molecule has 100 valence electrons. The highest BCUT2D eigenvalue weighted by atomic mass is 32.1. The first kappa shape index (κ1) is 14.6. The molecule has 1 amide bonds. The van der Waals surface area contributed by atoms with Gasteiger partial charge in [0.2, 0.25) is 0 Å². The minimum Gasteiger partial charge on any atom is -0.481 e. The van der Waals surface area contributed by atoms with Gasteiger partial charge in [-0.1, -0.05) is 0 Å². The van der Waals surface area contributed by atoms with Gasteiger partial charge in [0.05, 0.1) is 6.04 Å². The fourth-order valence-electron chi connectivity index (χ4n) is 1.36. The van der Waals surface area contributed by atoms with Crippen LogP contribution in [0.3, 0.4) is 0 Å². The van der Waals surface area contributed by atoms with Crippen LogP contribution in [0.2, 0.25) is 0 Å². The molecule has 0 saturated heterocycles. The quantitative estimate of drug-likeness (QED) is 0.807. The molecule has 1 unspecified atom stereocenters. The Hall–Kier alpha value is -1.47. The van der Waals surface area contributed by atoms with Gasteiger partial charge >= 0.3 is 5.97 Å². The van der Waals surface area contributed by atoms with E-state index in [4.69, 9.17) is 10.8 Å². The van der Waals surface area contributed by atoms with Crippen molar-refractivity contribution in [2.24, 2.45) is 5.73 Å². The first-order valence-electron chi connectivity index (χ1n) is 5.60. The largest absolute Gasteiger partial charge is 0.481 e. The average Bonchev–Trinajstić information content (AvgIpc) is 2.76. The molecular weight excluding hydrogens is 254 g/mol. The molecule has 7 heteroatoms. The molecule has 0 spiro atoms. The number of aromatic nitrogens is 1. The van der Waals surface area contributed by atoms with Crippen molar-refractivity contribution in [1.29, 1.82) is 0 Å². The maximum absolute atomic E-state index is 11.9. The van der Waals surface area contributed by atoms with Crippen molar-refractivity contribution in [2.75, 3.05) is 13.6 Å². The van der Waals surface area contributed by atoms with Crippen LogP contribution in [0.15, 0.2) is 5.38 Å². The number of hydrogen-bond acceptors (Lipinski definition) is 5. The molecule has 3 N–H and O–H groups in total. The number of carboxylic acids is 1. The number of thiazole rings is 1. The Bertz CT molecular complexity index is 431. The highest BCUT2D eigenvalue weighted by molar-refractivity contribution is 7.09. The standard InChI is InChI=1S/C11H17N3O3S/c1-7(12)10-13-8(6-18-10)11(17)14(2)5-3-4-9(15)16/h6-7H,3-5,12H2,1-2H3,(H,15,16). The smallest absolute Gasteiger partial charge is 0.303 e. The Morgan fingerprint density at radius 2 is 2.28 bits per heavy atom. The molecule has 0 aliphatic rings. The van der Waals surface area contributed by atoms with E-state index in [1.54, 1.807) is 12.4 Å². The maximum atomic E-state index is 11.9. The third-order valence-electron chi connectivity index (χ3n) is 2.36. The van der Waals surface area contributed by atoms with E-state index in [-0.39, 0.29) is 18.4 Å². The van der Waals surface area contributed by atoms with Crippen LogP contribution in [0.1, 0.15) is 41.3 Å². The molecule has 0 aromatic carbocycles. The normalized spacial score (nSPS) is 12.2. The summed E-state index contributed by atoms with van der Waals surface area (Å²) in [6.45, 7) is 2.21. The lowest BCUT2D eigenvalue weighted by Crippen LogP contribution is -2.28. The Labute approximate surface area is 109 Å². The van der Waals surface area contributed by atoms with Gasteiger partial charge in [0, 0.05) is 25.4 Å². The van der Waals surface area contributed by atoms with Crippen molar-refractivity contribution in [2.45, 2.75) is 25.8 Å². The number of hydrogen-bond donors (Lipinski definition) is 2. The van der Waals surface area contributed by atoms with Gasteiger partial charge in [-0.25, -0.2) is 4.98 Å². The summed E-state index contributed by atoms with van der Waals surface area (Å²) in [6.07, 6.45) is 0.488. The molecule has 0 aliphatic heterocycles. The van der Waals surface area contributed by atoms with Crippen LogP contribution in [-0.4, -0.2) is 40.5 Å². The lowest BCUT2D eigenvalue weighted by Gasteiger charge is -2.14. The Kier molecular flexibility index (Phi) is 5.24. The van der Waals surface area contributed by atoms with E-state index in [9.17, 15) is 9.59 Å². The zero-order valence-corrected chi connectivity index (χ0v) is 11.2. The number of rotatable bonds is 6. The fraction of sp³-hybridized carbons (Fsp3) is 0.545. The number of nitrogens with two attached hydrogens (primary N) is 1. The molecule has 1 heterocycles. The number of nitrogens with zero attached hydrogens (tertiary/aromatic N) is 2. The van der Waals surface area contributed by atoms with Crippen molar-refractivity contribution in [3.8, 4) is 0 Å². The van der Waals surface area contributed by atoms with Crippen molar-refractivity contribution in [1.82, 2.24) is 9.88 Å². The highest BCUT2D eigenvalue weighted by Gasteiger charge is 2.16. The molecule has 1 rings (SSSR count). The van der Waals surface area contributed by atoms with E-state index in [2.05, 4.69) is 4.98 Å². The lowest BCUT2D eigenvalue weighted by molar-refractivity contribution is -0.137. The summed E-state index contributed by atoms with van der Waals surface area (Å²) in [5.74, 6) is -1.06. The molecule has 0 aliphatic carbocycles. The van der Waals surface area contributed by atoms with Gasteiger partial charge in [-0.05, 0) is 13.3 Å². The molecule has 1 atom stereocenters. The van der Waals surface area contributed by atoms with Crippen LogP contribution in [0, 0.1) is 0 Å². The Morgan fingerprint density at radius 3 is 2.78 bits per heavy atom. The predicted molar refractivity (Wildman–Crippen MR) is 68.5 cm³/mol. The van der Waals surface area contributed by atoms with Crippen molar-refractivity contribution >= 4 is 23.2 Å². The van der Waals surface area contributed by atoms with Crippen molar-refractivity contribution < 1.29 is 14.7 Å². The number of aliphatic carboxylic acids is 1. The summed E-state index contributed by atoms with van der Waals surface area (Å²) in [5.41, 5.74) is 6.04. The van der Waals surface area contributed by atoms with E-state index in [1.165, 1.54) is 16.2 Å². The summed E-state index contributed by atoms with van der Waals surface area (Å²) in [7, 11) is 1.63. The molecule has 0 fully saturated rings. The van der Waals surface area contributed by atoms with Crippen LogP contribution >= 0.6 is 11.3 Å². The molecule has 0 saturated carbocycles. The van der Waals surface area contributed by atoms with Gasteiger partial charge in [0.1, 0.15) is 10.7 Å². The topological polar surface area (TPSA) is 96.5 Å². The van der Waals surface area contributed by atoms with E-state index in [1.807, 2.05) is 6.92 Å². The summed E-state index contributed by atoms with van der Waals surface area (Å²) in [5, 5.41) is 10.9. The van der Waals surface area contributed by atoms with Gasteiger partial charge in [-0.3, -0.25) is 9.59 Å². The summed E-state index contributed by atoms with van der Waals surface area (Å²) in [4.78, 5) is 27.9. The zero-order chi connectivity index (χ0) is 13.7. The molecule has 0 bridgehead atoms. The number of carbonyl (C=O) groups excluding carboxylic acids is 1. The predicted octanol–water partition coefficient (Wildman–Crippen LogP) is 1.10. The minimum atomic E-state index is -0.858. The van der Waals surface area contributed by atoms with Gasteiger partial charge in [0.25, 0.3) is 5.91 Å². The summed E-state index contributed by atoms with van der Waals surface area (Å²) < 4.78 is 0. The molecular formula is C11H17N3O3S. The number of carbonyl (C=O) groups is 2. The first-order chi connectivity index (χ1) is 8.41. The molecule has 18 heavy (non-hydrogen) atoms. The molecule has 1 aromatic heterocycles. The second-order valence-corrected chi connectivity index (χ2v) is 4.97. The summed E-state index contributed by atoms with van der Waals surface area (Å²) >= 11 is 1.35. The molecule has 0 radical (unpaired) electrons. The lowest BCUT2D eigenvalue weighted by atomic mass is 10.3. The monoisotopic (exact) mass is 271 g/mol. The number of carboxylic acid groups (broad SMARTS) is 1. The number of amides is 1. The van der Waals surface area contributed by atoms with Crippen molar-refractivity contribution in [3.05, 3.63) is 16.1 Å². The van der Waals surface area contributed by atoms with Crippen LogP contribution in [0.4, 0.5) is 0 Å². The summed E-state index contributed by atoms with van der Waals surface area (Å²) in [6, 6.07) is -0.186. The van der Waals surface area contributed by atoms with Gasteiger partial charge in [-0.2, -0.15) is 0 Å². The van der Waals surface area contributed by atoms with E-state index in [0.29, 0.717) is 18.7 Å². The van der Waals surface area contributed by atoms with Gasteiger partial charge < -0.3 is 15.7 Å². The third kappa shape index (κ3) is 4.08. The highest BCUT2D eigenvalue weighted by Crippen LogP contribution is 2.16. The van der Waals surface area contributed by atoms with E-state index in [0.717, 1.165) is 5.01 Å². The van der Waals surface area contributed by atoms with E-state index < -0.39 is 5.97 Å². The molecule has 1 aromatic rings. The van der Waals surface area contributed by atoms with Gasteiger partial charge in [-0.15, -0.1) is 11.3 Å². The minimum absolute atomic E-state index is 0.0553. The fourth-order valence-corrected chi connectivity index (χ4v) is 2.11. The second kappa shape index (κ2) is 6.46. The van der Waals surface area contributed by atoms with Gasteiger partial charge in [0.15, 0.2) is 0 Å².